The molecule has 0 spiro atoms. The first kappa shape index (κ1) is 15.8. The van der Waals surface area contributed by atoms with Gasteiger partial charge in [-0.05, 0) is 56.0 Å². The molecule has 0 saturated heterocycles. The summed E-state index contributed by atoms with van der Waals surface area (Å²) in [7, 11) is 0. The standard InChI is InChI=1S/C21H18N4O2/c1-12-19(25-10-3-2-7-18(25)22-12)21(27)23-13-8-9-15-14-5-4-6-16(14)20(26)24-17(15)11-13/h2-3,7-11H,4-6H2,1H3,(H,23,27)(H,24,26). The smallest absolute Gasteiger partial charge is 0.274 e. The van der Waals surface area contributed by atoms with E-state index in [0.29, 0.717) is 17.1 Å². The predicted molar refractivity (Wildman–Crippen MR) is 104 cm³/mol. The van der Waals surface area contributed by atoms with Crippen LogP contribution in [-0.4, -0.2) is 20.3 Å². The third kappa shape index (κ3) is 2.44. The van der Waals surface area contributed by atoms with Crippen LogP contribution in [0.3, 0.4) is 0 Å². The number of carbonyl (C=O) groups is 1. The second-order valence-corrected chi connectivity index (χ2v) is 6.95. The molecule has 0 aliphatic heterocycles. The number of aryl methyl sites for hydroxylation is 2. The molecule has 27 heavy (non-hydrogen) atoms. The molecule has 3 heterocycles. The first-order chi connectivity index (χ1) is 13.1. The number of fused-ring (bicyclic) bond motifs is 4. The summed E-state index contributed by atoms with van der Waals surface area (Å²) in [5.74, 6) is -0.228. The fourth-order valence-corrected chi connectivity index (χ4v) is 4.06. The van der Waals surface area contributed by atoms with Gasteiger partial charge in [0.05, 0.1) is 11.2 Å². The highest BCUT2D eigenvalue weighted by Crippen LogP contribution is 2.28. The van der Waals surface area contributed by atoms with Crippen molar-refractivity contribution < 1.29 is 4.79 Å². The van der Waals surface area contributed by atoms with Crippen LogP contribution in [0, 0.1) is 6.92 Å². The molecule has 134 valence electrons. The second kappa shape index (κ2) is 5.81. The Hall–Kier alpha value is -3.41. The summed E-state index contributed by atoms with van der Waals surface area (Å²) < 4.78 is 1.78. The fraction of sp³-hybridized carbons (Fsp3) is 0.190. The molecule has 0 radical (unpaired) electrons. The number of carbonyl (C=O) groups excluding carboxylic acids is 1. The number of anilines is 1. The third-order valence-corrected chi connectivity index (χ3v) is 5.26. The molecule has 0 saturated carbocycles. The van der Waals surface area contributed by atoms with Crippen molar-refractivity contribution in [3.05, 3.63) is 75.5 Å². The minimum atomic E-state index is -0.228. The van der Waals surface area contributed by atoms with E-state index in [1.54, 1.807) is 4.40 Å². The molecule has 0 atom stereocenters. The van der Waals surface area contributed by atoms with E-state index in [9.17, 15) is 9.59 Å². The van der Waals surface area contributed by atoms with Gasteiger partial charge in [0.2, 0.25) is 0 Å². The van der Waals surface area contributed by atoms with Crippen LogP contribution in [-0.2, 0) is 12.8 Å². The number of benzene rings is 1. The van der Waals surface area contributed by atoms with Crippen LogP contribution in [0.5, 0.6) is 0 Å². The average Bonchev–Trinajstić information content (AvgIpc) is 3.25. The van der Waals surface area contributed by atoms with Crippen LogP contribution in [0.1, 0.15) is 33.7 Å². The van der Waals surface area contributed by atoms with Crippen molar-refractivity contribution in [2.75, 3.05) is 5.32 Å². The van der Waals surface area contributed by atoms with E-state index in [0.717, 1.165) is 46.9 Å². The highest BCUT2D eigenvalue weighted by Gasteiger charge is 2.19. The van der Waals surface area contributed by atoms with Crippen LogP contribution < -0.4 is 10.9 Å². The van der Waals surface area contributed by atoms with Gasteiger partial charge in [-0.25, -0.2) is 4.98 Å². The third-order valence-electron chi connectivity index (χ3n) is 5.26. The second-order valence-electron chi connectivity index (χ2n) is 6.95. The van der Waals surface area contributed by atoms with E-state index in [-0.39, 0.29) is 11.5 Å². The van der Waals surface area contributed by atoms with E-state index in [2.05, 4.69) is 15.3 Å². The maximum Gasteiger partial charge on any atom is 0.274 e. The lowest BCUT2D eigenvalue weighted by atomic mass is 10.1. The molecule has 6 heteroatoms. The van der Waals surface area contributed by atoms with E-state index in [1.165, 1.54) is 0 Å². The Morgan fingerprint density at radius 3 is 2.93 bits per heavy atom. The lowest BCUT2D eigenvalue weighted by Crippen LogP contribution is -2.16. The van der Waals surface area contributed by atoms with Gasteiger partial charge < -0.3 is 10.3 Å². The minimum Gasteiger partial charge on any atom is -0.322 e. The van der Waals surface area contributed by atoms with Crippen molar-refractivity contribution in [3.63, 3.8) is 0 Å². The van der Waals surface area contributed by atoms with Crippen molar-refractivity contribution >= 4 is 28.1 Å². The number of nitrogens with one attached hydrogen (secondary N) is 2. The van der Waals surface area contributed by atoms with Crippen molar-refractivity contribution in [1.29, 1.82) is 0 Å². The summed E-state index contributed by atoms with van der Waals surface area (Å²) in [5.41, 5.74) is 5.35. The number of nitrogens with zero attached hydrogens (tertiary/aromatic N) is 2. The Kier molecular flexibility index (Phi) is 3.40. The normalized spacial score (nSPS) is 13.2. The number of hydrogen-bond donors (Lipinski definition) is 2. The molecule has 6 nitrogen and oxygen atoms in total. The van der Waals surface area contributed by atoms with Crippen molar-refractivity contribution in [1.82, 2.24) is 14.4 Å². The average molecular weight is 358 g/mol. The van der Waals surface area contributed by atoms with Crippen LogP contribution in [0.4, 0.5) is 5.69 Å². The summed E-state index contributed by atoms with van der Waals surface area (Å²) in [6.45, 7) is 1.82. The Bertz CT molecular complexity index is 1280. The van der Waals surface area contributed by atoms with Crippen LogP contribution in [0.25, 0.3) is 16.6 Å². The van der Waals surface area contributed by atoms with Gasteiger partial charge in [-0.2, -0.15) is 0 Å². The molecule has 4 aromatic rings. The lowest BCUT2D eigenvalue weighted by Gasteiger charge is -2.09. The maximum absolute atomic E-state index is 12.9. The number of hydrogen-bond acceptors (Lipinski definition) is 3. The quantitative estimate of drug-likeness (QED) is 0.577. The molecule has 1 aliphatic carbocycles. The van der Waals surface area contributed by atoms with Crippen molar-refractivity contribution in [3.8, 4) is 0 Å². The highest BCUT2D eigenvalue weighted by molar-refractivity contribution is 6.05. The number of H-pyrrole nitrogens is 1. The molecule has 0 unspecified atom stereocenters. The molecule has 1 amide bonds. The van der Waals surface area contributed by atoms with Gasteiger partial charge in [0.1, 0.15) is 11.3 Å². The van der Waals surface area contributed by atoms with Gasteiger partial charge in [0.15, 0.2) is 0 Å². The van der Waals surface area contributed by atoms with Gasteiger partial charge in [-0.15, -0.1) is 0 Å². The monoisotopic (exact) mass is 358 g/mol. The molecule has 5 rings (SSSR count). The number of imidazole rings is 1. The van der Waals surface area contributed by atoms with E-state index in [1.807, 2.05) is 49.5 Å². The Morgan fingerprint density at radius 1 is 1.19 bits per heavy atom. The van der Waals surface area contributed by atoms with Crippen LogP contribution in [0.15, 0.2) is 47.4 Å². The molecular weight excluding hydrogens is 340 g/mol. The van der Waals surface area contributed by atoms with Crippen LogP contribution >= 0.6 is 0 Å². The largest absolute Gasteiger partial charge is 0.322 e. The Labute approximate surface area is 154 Å². The zero-order chi connectivity index (χ0) is 18.5. The van der Waals surface area contributed by atoms with Crippen molar-refractivity contribution in [2.24, 2.45) is 0 Å². The van der Waals surface area contributed by atoms with E-state index >= 15 is 0 Å². The Balaban J connectivity index is 1.54. The van der Waals surface area contributed by atoms with Gasteiger partial charge in [0.25, 0.3) is 11.5 Å². The van der Waals surface area contributed by atoms with Gasteiger partial charge >= 0.3 is 0 Å². The summed E-state index contributed by atoms with van der Waals surface area (Å²) in [6.07, 6.45) is 4.62. The number of aromatic amines is 1. The van der Waals surface area contributed by atoms with E-state index in [4.69, 9.17) is 0 Å². The highest BCUT2D eigenvalue weighted by atomic mass is 16.2. The van der Waals surface area contributed by atoms with Gasteiger partial charge in [0, 0.05) is 22.8 Å². The molecular formula is C21H18N4O2. The first-order valence-electron chi connectivity index (χ1n) is 9.04. The number of pyridine rings is 2. The molecule has 0 bridgehead atoms. The SMILES string of the molecule is Cc1nc2ccccn2c1C(=O)Nc1ccc2c3c(c(=O)[nH]c2c1)CCC3. The summed E-state index contributed by atoms with van der Waals surface area (Å²) in [5, 5.41) is 4.00. The zero-order valence-electron chi connectivity index (χ0n) is 14.9. The molecule has 1 aromatic carbocycles. The van der Waals surface area contributed by atoms with Gasteiger partial charge in [-0.1, -0.05) is 12.1 Å². The summed E-state index contributed by atoms with van der Waals surface area (Å²) in [6, 6.07) is 11.3. The lowest BCUT2D eigenvalue weighted by molar-refractivity contribution is 0.102. The summed E-state index contributed by atoms with van der Waals surface area (Å²) >= 11 is 0. The fourth-order valence-electron chi connectivity index (χ4n) is 4.06. The number of amides is 1. The van der Waals surface area contributed by atoms with E-state index < -0.39 is 0 Å². The van der Waals surface area contributed by atoms with Gasteiger partial charge in [-0.3, -0.25) is 14.0 Å². The topological polar surface area (TPSA) is 79.3 Å². The Morgan fingerprint density at radius 2 is 2.04 bits per heavy atom. The van der Waals surface area contributed by atoms with Crippen molar-refractivity contribution in [2.45, 2.75) is 26.2 Å². The zero-order valence-corrected chi connectivity index (χ0v) is 14.9. The molecule has 2 N–H and O–H groups in total. The first-order valence-corrected chi connectivity index (χ1v) is 9.04. The minimum absolute atomic E-state index is 0.0175. The maximum atomic E-state index is 12.9. The molecule has 3 aromatic heterocycles. The molecule has 1 aliphatic rings. The number of rotatable bonds is 2. The number of aromatic nitrogens is 3. The van der Waals surface area contributed by atoms with Crippen LogP contribution in [0.2, 0.25) is 0 Å². The summed E-state index contributed by atoms with van der Waals surface area (Å²) in [4.78, 5) is 32.5. The predicted octanol–water partition coefficient (Wildman–Crippen LogP) is 3.23. The molecule has 0 fully saturated rings.